The molecule has 0 fully saturated rings. The Hall–Kier alpha value is -3.35. The van der Waals surface area contributed by atoms with Gasteiger partial charge in [-0.25, -0.2) is 5.43 Å². The Balaban J connectivity index is 1.72. The second-order valence-electron chi connectivity index (χ2n) is 7.55. The largest absolute Gasteiger partial charge is 0.416 e. The number of hydrazone groups is 1. The van der Waals surface area contributed by atoms with Gasteiger partial charge in [0.05, 0.1) is 18.2 Å². The highest BCUT2D eigenvalue weighted by molar-refractivity contribution is 5.85. The SMILES string of the molecule is Cc1cccc(-n2c(C)cc(/C=N/NC(=O)Cc3cccc(C(F)(F)F)c3)c2C)c1C. The summed E-state index contributed by atoms with van der Waals surface area (Å²) in [5.74, 6) is -0.487. The summed E-state index contributed by atoms with van der Waals surface area (Å²) in [4.78, 5) is 12.1. The highest BCUT2D eigenvalue weighted by Crippen LogP contribution is 2.29. The Labute approximate surface area is 179 Å². The van der Waals surface area contributed by atoms with Gasteiger partial charge in [0.15, 0.2) is 0 Å². The Morgan fingerprint density at radius 3 is 2.48 bits per heavy atom. The molecule has 1 heterocycles. The summed E-state index contributed by atoms with van der Waals surface area (Å²) in [6.07, 6.45) is -3.08. The molecular weight excluding hydrogens is 403 g/mol. The molecule has 0 aliphatic heterocycles. The van der Waals surface area contributed by atoms with E-state index in [1.807, 2.05) is 26.0 Å². The van der Waals surface area contributed by atoms with E-state index in [1.165, 1.54) is 23.3 Å². The molecule has 0 saturated carbocycles. The Bertz CT molecular complexity index is 1140. The predicted octanol–water partition coefficient (Wildman–Crippen LogP) is 5.42. The maximum absolute atomic E-state index is 12.8. The first-order valence-corrected chi connectivity index (χ1v) is 9.81. The number of hydrogen-bond donors (Lipinski definition) is 1. The summed E-state index contributed by atoms with van der Waals surface area (Å²) in [6.45, 7) is 8.11. The van der Waals surface area contributed by atoms with Crippen LogP contribution in [0.3, 0.4) is 0 Å². The zero-order chi connectivity index (χ0) is 22.8. The maximum atomic E-state index is 12.8. The van der Waals surface area contributed by atoms with Crippen molar-refractivity contribution in [3.8, 4) is 5.69 Å². The summed E-state index contributed by atoms with van der Waals surface area (Å²) in [7, 11) is 0. The standard InChI is InChI=1S/C24H24F3N3O/c1-15-7-5-10-22(17(15)3)30-16(2)11-20(18(30)4)14-28-29-23(31)13-19-8-6-9-21(12-19)24(25,26)27/h5-12,14H,13H2,1-4H3,(H,29,31)/b28-14+. The molecular formula is C24H24F3N3O. The van der Waals surface area contributed by atoms with Crippen LogP contribution >= 0.6 is 0 Å². The summed E-state index contributed by atoms with van der Waals surface area (Å²) >= 11 is 0. The molecule has 1 aromatic heterocycles. The molecule has 0 saturated heterocycles. The van der Waals surface area contributed by atoms with Crippen molar-refractivity contribution < 1.29 is 18.0 Å². The van der Waals surface area contributed by atoms with Crippen LogP contribution in [0, 0.1) is 27.7 Å². The topological polar surface area (TPSA) is 46.4 Å². The smallest absolute Gasteiger partial charge is 0.318 e. The van der Waals surface area contributed by atoms with Crippen LogP contribution in [0.1, 0.15) is 39.2 Å². The van der Waals surface area contributed by atoms with Crippen LogP contribution in [-0.4, -0.2) is 16.7 Å². The molecule has 1 amide bonds. The average Bonchev–Trinajstić information content (AvgIpc) is 2.97. The number of alkyl halides is 3. The van der Waals surface area contributed by atoms with E-state index in [0.717, 1.165) is 34.8 Å². The fourth-order valence-electron chi connectivity index (χ4n) is 3.52. The molecule has 0 spiro atoms. The number of benzene rings is 2. The molecule has 162 valence electrons. The molecule has 3 rings (SSSR count). The third-order valence-corrected chi connectivity index (χ3v) is 5.30. The number of aromatic nitrogens is 1. The van der Waals surface area contributed by atoms with Crippen LogP contribution in [0.2, 0.25) is 0 Å². The summed E-state index contributed by atoms with van der Waals surface area (Å²) in [6, 6.07) is 12.8. The van der Waals surface area contributed by atoms with Crippen LogP contribution in [0.5, 0.6) is 0 Å². The monoisotopic (exact) mass is 427 g/mol. The van der Waals surface area contributed by atoms with E-state index in [4.69, 9.17) is 0 Å². The van der Waals surface area contributed by atoms with Crippen molar-refractivity contribution >= 4 is 12.1 Å². The van der Waals surface area contributed by atoms with E-state index in [2.05, 4.69) is 41.1 Å². The number of amides is 1. The lowest BCUT2D eigenvalue weighted by atomic mass is 10.1. The molecule has 31 heavy (non-hydrogen) atoms. The molecule has 0 bridgehead atoms. The van der Waals surface area contributed by atoms with Crippen molar-refractivity contribution in [2.24, 2.45) is 5.10 Å². The van der Waals surface area contributed by atoms with Gasteiger partial charge in [0, 0.05) is 22.6 Å². The van der Waals surface area contributed by atoms with Gasteiger partial charge in [0.2, 0.25) is 5.91 Å². The fourth-order valence-corrected chi connectivity index (χ4v) is 3.52. The van der Waals surface area contributed by atoms with Crippen molar-refractivity contribution in [2.45, 2.75) is 40.3 Å². The van der Waals surface area contributed by atoms with Gasteiger partial charge >= 0.3 is 6.18 Å². The van der Waals surface area contributed by atoms with Gasteiger partial charge in [0.25, 0.3) is 0 Å². The second-order valence-corrected chi connectivity index (χ2v) is 7.55. The van der Waals surface area contributed by atoms with Crippen molar-refractivity contribution in [1.29, 1.82) is 0 Å². The number of rotatable bonds is 5. The molecule has 7 heteroatoms. The molecule has 0 radical (unpaired) electrons. The lowest BCUT2D eigenvalue weighted by molar-refractivity contribution is -0.137. The number of aryl methyl sites for hydroxylation is 2. The van der Waals surface area contributed by atoms with Crippen molar-refractivity contribution in [2.75, 3.05) is 0 Å². The van der Waals surface area contributed by atoms with Gasteiger partial charge < -0.3 is 4.57 Å². The summed E-state index contributed by atoms with van der Waals surface area (Å²) < 4.78 is 40.6. The van der Waals surface area contributed by atoms with E-state index in [0.29, 0.717) is 0 Å². The van der Waals surface area contributed by atoms with Crippen LogP contribution in [0.15, 0.2) is 53.6 Å². The van der Waals surface area contributed by atoms with Crippen LogP contribution < -0.4 is 5.43 Å². The van der Waals surface area contributed by atoms with Gasteiger partial charge in [-0.05, 0) is 62.6 Å². The van der Waals surface area contributed by atoms with E-state index in [-0.39, 0.29) is 12.0 Å². The zero-order valence-electron chi connectivity index (χ0n) is 17.8. The first-order valence-electron chi connectivity index (χ1n) is 9.81. The third kappa shape index (κ3) is 5.05. The fraction of sp³-hybridized carbons (Fsp3) is 0.250. The minimum Gasteiger partial charge on any atom is -0.318 e. The van der Waals surface area contributed by atoms with Gasteiger partial charge in [-0.2, -0.15) is 18.3 Å². The number of hydrogen-bond acceptors (Lipinski definition) is 2. The lowest BCUT2D eigenvalue weighted by Crippen LogP contribution is -2.20. The number of carbonyl (C=O) groups is 1. The van der Waals surface area contributed by atoms with E-state index in [1.54, 1.807) is 6.21 Å². The Morgan fingerprint density at radius 1 is 1.06 bits per heavy atom. The van der Waals surface area contributed by atoms with Gasteiger partial charge in [-0.1, -0.05) is 30.3 Å². The normalized spacial score (nSPS) is 11.8. The van der Waals surface area contributed by atoms with Crippen molar-refractivity contribution in [3.05, 3.63) is 87.7 Å². The quantitative estimate of drug-likeness (QED) is 0.429. The first-order chi connectivity index (χ1) is 14.6. The van der Waals surface area contributed by atoms with E-state index < -0.39 is 17.6 Å². The minimum atomic E-state index is -4.44. The zero-order valence-corrected chi connectivity index (χ0v) is 17.8. The molecule has 0 unspecified atom stereocenters. The lowest BCUT2D eigenvalue weighted by Gasteiger charge is -2.14. The molecule has 2 aromatic carbocycles. The number of nitrogens with one attached hydrogen (secondary N) is 1. The molecule has 3 aromatic rings. The van der Waals surface area contributed by atoms with Gasteiger partial charge in [0.1, 0.15) is 0 Å². The highest BCUT2D eigenvalue weighted by atomic mass is 19.4. The molecule has 0 aliphatic carbocycles. The van der Waals surface area contributed by atoms with Crippen LogP contribution in [0.25, 0.3) is 5.69 Å². The third-order valence-electron chi connectivity index (χ3n) is 5.30. The van der Waals surface area contributed by atoms with Crippen molar-refractivity contribution in [1.82, 2.24) is 9.99 Å². The van der Waals surface area contributed by atoms with Gasteiger partial charge in [-0.3, -0.25) is 4.79 Å². The molecule has 0 atom stereocenters. The highest BCUT2D eigenvalue weighted by Gasteiger charge is 2.30. The second kappa shape index (κ2) is 8.79. The predicted molar refractivity (Wildman–Crippen MR) is 116 cm³/mol. The average molecular weight is 427 g/mol. The van der Waals surface area contributed by atoms with E-state index in [9.17, 15) is 18.0 Å². The summed E-state index contributed by atoms with van der Waals surface area (Å²) in [5, 5.41) is 4.00. The van der Waals surface area contributed by atoms with Crippen LogP contribution in [0.4, 0.5) is 13.2 Å². The first kappa shape index (κ1) is 22.3. The molecule has 0 aliphatic rings. The van der Waals surface area contributed by atoms with E-state index >= 15 is 0 Å². The molecule has 1 N–H and O–H groups in total. The maximum Gasteiger partial charge on any atom is 0.416 e. The van der Waals surface area contributed by atoms with Crippen LogP contribution in [-0.2, 0) is 17.4 Å². The number of carbonyl (C=O) groups excluding carboxylic acids is 1. The minimum absolute atomic E-state index is 0.192. The van der Waals surface area contributed by atoms with Crippen molar-refractivity contribution in [3.63, 3.8) is 0 Å². The Morgan fingerprint density at radius 2 is 1.77 bits per heavy atom. The molecule has 4 nitrogen and oxygen atoms in total. The number of halogens is 3. The summed E-state index contributed by atoms with van der Waals surface area (Å²) in [5.41, 5.74) is 8.21. The number of nitrogens with zero attached hydrogens (tertiary/aromatic N) is 2. The Kier molecular flexibility index (Phi) is 6.34. The van der Waals surface area contributed by atoms with Gasteiger partial charge in [-0.15, -0.1) is 0 Å².